The van der Waals surface area contributed by atoms with Crippen LogP contribution in [0.5, 0.6) is 0 Å². The van der Waals surface area contributed by atoms with E-state index in [2.05, 4.69) is 20.8 Å². The summed E-state index contributed by atoms with van der Waals surface area (Å²) in [5.74, 6) is -2.68. The number of carbonyl (C=O) groups is 3. The Bertz CT molecular complexity index is 563. The Morgan fingerprint density at radius 2 is 0.757 bits per heavy atom. The van der Waals surface area contributed by atoms with Gasteiger partial charge in [0.1, 0.15) is 0 Å². The van der Waals surface area contributed by atoms with Gasteiger partial charge in [0.15, 0.2) is 0 Å². The summed E-state index contributed by atoms with van der Waals surface area (Å²) >= 11 is 0. The Morgan fingerprint density at radius 1 is 0.459 bits per heavy atom. The Morgan fingerprint density at radius 3 is 0.973 bits per heavy atom. The van der Waals surface area contributed by atoms with E-state index < -0.39 is 34.2 Å². The Hall–Kier alpha value is -0.395. The van der Waals surface area contributed by atoms with Crippen molar-refractivity contribution in [2.24, 2.45) is 16.2 Å². The van der Waals surface area contributed by atoms with Crippen molar-refractivity contribution in [1.29, 1.82) is 0 Å². The van der Waals surface area contributed by atoms with Crippen LogP contribution in [0.3, 0.4) is 0 Å². The largest absolute Gasteiger partial charge is 3.00 e. The van der Waals surface area contributed by atoms with Crippen molar-refractivity contribution >= 4 is 17.9 Å². The van der Waals surface area contributed by atoms with Gasteiger partial charge in [-0.1, -0.05) is 120 Å². The molecule has 3 unspecified atom stereocenters. The molecule has 0 bridgehead atoms. The molecule has 3 atom stereocenters. The van der Waals surface area contributed by atoms with Crippen molar-refractivity contribution < 1.29 is 65.3 Å². The number of carbonyl (C=O) groups excluding carboxylic acids is 3. The molecule has 0 aliphatic carbocycles. The molecule has 0 rings (SSSR count). The van der Waals surface area contributed by atoms with Crippen LogP contribution in [-0.4, -0.2) is 17.9 Å². The van der Waals surface area contributed by atoms with Gasteiger partial charge in [0.05, 0.1) is 0 Å². The Kier molecular flexibility index (Phi) is 29.1. The molecule has 0 fully saturated rings. The topological polar surface area (TPSA) is 120 Å². The van der Waals surface area contributed by atoms with Gasteiger partial charge in [-0.05, 0) is 38.5 Å². The summed E-state index contributed by atoms with van der Waals surface area (Å²) in [7, 11) is 0. The molecule has 0 amide bonds. The van der Waals surface area contributed by atoms with Crippen molar-refractivity contribution in [3.63, 3.8) is 0 Å². The Labute approximate surface area is 256 Å². The summed E-state index contributed by atoms with van der Waals surface area (Å²) in [4.78, 5) is 32.3. The zero-order chi connectivity index (χ0) is 28.8. The molecule has 7 heteroatoms. The molecule has 37 heavy (non-hydrogen) atoms. The first-order valence-electron chi connectivity index (χ1n) is 14.3. The molecule has 0 aromatic carbocycles. The van der Waals surface area contributed by atoms with Gasteiger partial charge >= 0.3 is 35.6 Å². The minimum absolute atomic E-state index is 0. The quantitative estimate of drug-likeness (QED) is 0.188. The van der Waals surface area contributed by atoms with Gasteiger partial charge in [-0.2, -0.15) is 0 Å². The molecular weight excluding hydrogens is 595 g/mol. The standard InChI is InChI=1S/3C10H20O2.La/c1-4-6-7-8-10(3,5-2)9(11)12;2*1-4-6-8-10(3,7-5-2)9(11)12;/h3*4-8H2,1-3H3,(H,11,12);/q;;;+3/p-3. The molecule has 0 saturated heterocycles. The van der Waals surface area contributed by atoms with Crippen molar-refractivity contribution in [3.8, 4) is 0 Å². The molecule has 6 nitrogen and oxygen atoms in total. The van der Waals surface area contributed by atoms with Crippen molar-refractivity contribution in [1.82, 2.24) is 0 Å². The molecule has 0 spiro atoms. The van der Waals surface area contributed by atoms with Crippen LogP contribution in [0.1, 0.15) is 159 Å². The van der Waals surface area contributed by atoms with Gasteiger partial charge < -0.3 is 29.7 Å². The molecule has 0 aromatic rings. The van der Waals surface area contributed by atoms with Crippen LogP contribution in [0.15, 0.2) is 0 Å². The molecule has 0 aliphatic heterocycles. The predicted molar refractivity (Wildman–Crippen MR) is 143 cm³/mol. The van der Waals surface area contributed by atoms with Crippen LogP contribution in [0.4, 0.5) is 0 Å². The first-order valence-corrected chi connectivity index (χ1v) is 14.3. The molecule has 0 aromatic heterocycles. The first-order chi connectivity index (χ1) is 16.7. The minimum Gasteiger partial charge on any atom is -0.550 e. The van der Waals surface area contributed by atoms with E-state index in [-0.39, 0.29) is 35.6 Å². The molecular formula is C30H57LaO6. The summed E-state index contributed by atoms with van der Waals surface area (Å²) in [6.07, 6.45) is 13.5. The van der Waals surface area contributed by atoms with Gasteiger partial charge in [0.2, 0.25) is 0 Å². The van der Waals surface area contributed by atoms with Gasteiger partial charge in [-0.25, -0.2) is 0 Å². The van der Waals surface area contributed by atoms with E-state index in [0.29, 0.717) is 6.42 Å². The SMILES string of the molecule is CCCCC(C)(CCC)C(=O)[O-].CCCCC(C)(CCC)C(=O)[O-].CCCCCC(C)(CC)C(=O)[O-].[La+3]. The number of hydrogen-bond donors (Lipinski definition) is 0. The molecule has 0 heterocycles. The third-order valence-electron chi connectivity index (χ3n) is 7.36. The number of carboxylic acid groups (broad SMARTS) is 3. The fourth-order valence-electron chi connectivity index (χ4n) is 4.08. The van der Waals surface area contributed by atoms with Crippen LogP contribution in [-0.2, 0) is 14.4 Å². The maximum atomic E-state index is 10.8. The molecule has 0 N–H and O–H groups in total. The fourth-order valence-corrected chi connectivity index (χ4v) is 4.08. The summed E-state index contributed by atoms with van der Waals surface area (Å²) in [5.41, 5.74) is -1.79. The van der Waals surface area contributed by atoms with E-state index >= 15 is 0 Å². The van der Waals surface area contributed by atoms with Gasteiger partial charge in [-0.3, -0.25) is 0 Å². The number of rotatable bonds is 18. The zero-order valence-electron chi connectivity index (χ0n) is 25.6. The normalized spacial score (nSPS) is 15.2. The van der Waals surface area contributed by atoms with Gasteiger partial charge in [0, 0.05) is 34.2 Å². The smallest absolute Gasteiger partial charge is 0.550 e. The van der Waals surface area contributed by atoms with Crippen LogP contribution < -0.4 is 15.3 Å². The monoisotopic (exact) mass is 652 g/mol. The second kappa shape index (κ2) is 24.6. The summed E-state index contributed by atoms with van der Waals surface area (Å²) in [6.45, 7) is 17.5. The molecule has 0 aliphatic rings. The summed E-state index contributed by atoms with van der Waals surface area (Å²) in [6, 6.07) is 0. The number of carboxylic acids is 3. The van der Waals surface area contributed by atoms with Crippen LogP contribution >= 0.6 is 0 Å². The number of hydrogen-bond acceptors (Lipinski definition) is 6. The van der Waals surface area contributed by atoms with Gasteiger partial charge in [0.25, 0.3) is 0 Å². The van der Waals surface area contributed by atoms with Crippen LogP contribution in [0.25, 0.3) is 0 Å². The molecule has 216 valence electrons. The molecule has 0 saturated carbocycles. The first kappa shape index (κ1) is 43.7. The number of aliphatic carboxylic acids is 3. The zero-order valence-corrected chi connectivity index (χ0v) is 29.3. The molecule has 0 radical (unpaired) electrons. The fraction of sp³-hybridized carbons (Fsp3) is 0.900. The average molecular weight is 653 g/mol. The second-order valence-electron chi connectivity index (χ2n) is 11.1. The van der Waals surface area contributed by atoms with E-state index in [1.54, 1.807) is 20.8 Å². The third kappa shape index (κ3) is 20.2. The van der Waals surface area contributed by atoms with Crippen molar-refractivity contribution in [2.75, 3.05) is 0 Å². The maximum Gasteiger partial charge on any atom is 3.00 e. The van der Waals surface area contributed by atoms with E-state index in [1.807, 2.05) is 20.8 Å². The number of unbranched alkanes of at least 4 members (excludes halogenated alkanes) is 4. The van der Waals surface area contributed by atoms with E-state index in [0.717, 1.165) is 89.9 Å². The van der Waals surface area contributed by atoms with Crippen LogP contribution in [0, 0.1) is 51.8 Å². The third-order valence-corrected chi connectivity index (χ3v) is 7.36. The maximum absolute atomic E-state index is 10.8. The minimum atomic E-state index is -0.902. The van der Waals surface area contributed by atoms with Crippen molar-refractivity contribution in [2.45, 2.75) is 159 Å². The average Bonchev–Trinajstić information content (AvgIpc) is 2.82. The van der Waals surface area contributed by atoms with Gasteiger partial charge in [-0.15, -0.1) is 0 Å². The van der Waals surface area contributed by atoms with E-state index in [4.69, 9.17) is 0 Å². The summed E-state index contributed by atoms with van der Waals surface area (Å²) < 4.78 is 0. The summed E-state index contributed by atoms with van der Waals surface area (Å²) in [5, 5.41) is 32.3. The Balaban J connectivity index is -0.000000218. The predicted octanol–water partition coefficient (Wildman–Crippen LogP) is 5.20. The second-order valence-corrected chi connectivity index (χ2v) is 11.1. The van der Waals surface area contributed by atoms with E-state index in [1.165, 1.54) is 0 Å². The van der Waals surface area contributed by atoms with Crippen molar-refractivity contribution in [3.05, 3.63) is 0 Å². The van der Waals surface area contributed by atoms with Crippen LogP contribution in [0.2, 0.25) is 0 Å². The van der Waals surface area contributed by atoms with E-state index in [9.17, 15) is 29.7 Å².